The number of hydrogen-bond donors (Lipinski definition) is 1. The summed E-state index contributed by atoms with van der Waals surface area (Å²) in [5, 5.41) is 10.7. The van der Waals surface area contributed by atoms with E-state index in [4.69, 9.17) is 4.74 Å². The zero-order valence-electron chi connectivity index (χ0n) is 9.40. The number of alkyl halides is 1. The molecule has 2 nitrogen and oxygen atoms in total. The Hall–Kier alpha value is -0.130. The van der Waals surface area contributed by atoms with Gasteiger partial charge in [0.25, 0.3) is 0 Å². The number of aliphatic hydroxyl groups is 1. The van der Waals surface area contributed by atoms with Crippen molar-refractivity contribution in [2.75, 3.05) is 4.43 Å². The van der Waals surface area contributed by atoms with Crippen LogP contribution in [0.1, 0.15) is 25.3 Å². The summed E-state index contributed by atoms with van der Waals surface area (Å²) in [4.78, 5) is 0. The summed E-state index contributed by atoms with van der Waals surface area (Å²) in [7, 11) is 0. The van der Waals surface area contributed by atoms with Gasteiger partial charge in [-0.15, -0.1) is 0 Å². The largest absolute Gasteiger partial charge is 0.385 e. The van der Waals surface area contributed by atoms with E-state index in [0.717, 1.165) is 9.99 Å². The molecule has 3 atom stereocenters. The van der Waals surface area contributed by atoms with E-state index < -0.39 is 5.60 Å². The number of halogens is 1. The van der Waals surface area contributed by atoms with E-state index in [1.807, 2.05) is 37.3 Å². The van der Waals surface area contributed by atoms with Gasteiger partial charge in [-0.25, -0.2) is 0 Å². The van der Waals surface area contributed by atoms with Crippen LogP contribution in [-0.4, -0.2) is 21.7 Å². The molecule has 1 heterocycles. The fraction of sp³-hybridized carbons (Fsp3) is 0.538. The highest BCUT2D eigenvalue weighted by Crippen LogP contribution is 2.37. The van der Waals surface area contributed by atoms with Gasteiger partial charge in [-0.2, -0.15) is 0 Å². The van der Waals surface area contributed by atoms with Gasteiger partial charge in [0.1, 0.15) is 0 Å². The molecule has 0 aliphatic carbocycles. The van der Waals surface area contributed by atoms with Gasteiger partial charge in [0, 0.05) is 17.3 Å². The van der Waals surface area contributed by atoms with E-state index in [-0.39, 0.29) is 12.2 Å². The molecule has 1 N–H and O–H groups in total. The first-order valence-corrected chi connectivity index (χ1v) is 7.16. The second-order valence-electron chi connectivity index (χ2n) is 4.53. The molecule has 16 heavy (non-hydrogen) atoms. The minimum absolute atomic E-state index is 0.124. The van der Waals surface area contributed by atoms with Crippen molar-refractivity contribution in [3.63, 3.8) is 0 Å². The molecule has 0 unspecified atom stereocenters. The summed E-state index contributed by atoms with van der Waals surface area (Å²) in [5.41, 5.74) is 0.300. The first kappa shape index (κ1) is 12.3. The van der Waals surface area contributed by atoms with E-state index in [2.05, 4.69) is 22.6 Å². The lowest BCUT2D eigenvalue weighted by molar-refractivity contribution is -0.133. The highest BCUT2D eigenvalue weighted by atomic mass is 127. The maximum Gasteiger partial charge on any atom is 0.0946 e. The Bertz CT molecular complexity index is 341. The fourth-order valence-corrected chi connectivity index (χ4v) is 2.95. The topological polar surface area (TPSA) is 29.5 Å². The van der Waals surface area contributed by atoms with Crippen molar-refractivity contribution >= 4 is 22.6 Å². The predicted octanol–water partition coefficient (Wildman–Crippen LogP) is 2.88. The molecule has 0 aromatic heterocycles. The zero-order valence-corrected chi connectivity index (χ0v) is 11.6. The quantitative estimate of drug-likeness (QED) is 0.667. The average Bonchev–Trinajstić information content (AvgIpc) is 2.29. The van der Waals surface area contributed by atoms with Crippen molar-refractivity contribution in [2.24, 2.45) is 0 Å². The molecule has 1 aromatic rings. The molecule has 0 spiro atoms. The van der Waals surface area contributed by atoms with Crippen LogP contribution >= 0.6 is 22.6 Å². The van der Waals surface area contributed by atoms with E-state index in [9.17, 15) is 5.11 Å². The molecule has 1 aliphatic rings. The highest BCUT2D eigenvalue weighted by molar-refractivity contribution is 14.1. The minimum atomic E-state index is -0.714. The maximum absolute atomic E-state index is 10.7. The minimum Gasteiger partial charge on any atom is -0.385 e. The third kappa shape index (κ3) is 2.57. The summed E-state index contributed by atoms with van der Waals surface area (Å²) in [5.74, 6) is 0. The van der Waals surface area contributed by atoms with Gasteiger partial charge >= 0.3 is 0 Å². The lowest BCUT2D eigenvalue weighted by atomic mass is 9.82. The van der Waals surface area contributed by atoms with Crippen LogP contribution in [0.3, 0.4) is 0 Å². The Labute approximate surface area is 110 Å². The first-order chi connectivity index (χ1) is 7.64. The number of hydrogen-bond acceptors (Lipinski definition) is 2. The molecular weight excluding hydrogens is 315 g/mol. The van der Waals surface area contributed by atoms with Crippen molar-refractivity contribution in [1.82, 2.24) is 0 Å². The molecule has 0 bridgehead atoms. The van der Waals surface area contributed by atoms with Crippen LogP contribution in [0.2, 0.25) is 0 Å². The standard InChI is InChI=1S/C13H17IO2/c1-10-7-13(15,8-12(9-14)16-10)11-5-3-2-4-6-11/h2-6,10,12,15H,7-9H2,1H3/t10-,12-,13+/m0/s1. The third-order valence-electron chi connectivity index (χ3n) is 3.10. The van der Waals surface area contributed by atoms with Crippen LogP contribution in [-0.2, 0) is 10.3 Å². The SMILES string of the molecule is C[C@H]1C[C@](O)(c2ccccc2)C[C@@H](CI)O1. The first-order valence-electron chi connectivity index (χ1n) is 5.63. The van der Waals surface area contributed by atoms with Gasteiger partial charge in [-0.3, -0.25) is 0 Å². The lowest BCUT2D eigenvalue weighted by Gasteiger charge is -2.40. The second-order valence-corrected chi connectivity index (χ2v) is 5.41. The average molecular weight is 332 g/mol. The molecule has 0 saturated carbocycles. The molecule has 88 valence electrons. The predicted molar refractivity (Wildman–Crippen MR) is 72.8 cm³/mol. The number of ether oxygens (including phenoxy) is 1. The third-order valence-corrected chi connectivity index (χ3v) is 4.08. The molecule has 1 fully saturated rings. The van der Waals surface area contributed by atoms with Crippen molar-refractivity contribution in [3.8, 4) is 0 Å². The van der Waals surface area contributed by atoms with Crippen LogP contribution in [0, 0.1) is 0 Å². The van der Waals surface area contributed by atoms with Gasteiger partial charge in [-0.1, -0.05) is 52.9 Å². The molecule has 0 radical (unpaired) electrons. The van der Waals surface area contributed by atoms with Crippen molar-refractivity contribution in [3.05, 3.63) is 35.9 Å². The van der Waals surface area contributed by atoms with E-state index in [1.165, 1.54) is 0 Å². The Morgan fingerprint density at radius 3 is 2.69 bits per heavy atom. The Kier molecular flexibility index (Phi) is 3.87. The van der Waals surface area contributed by atoms with E-state index >= 15 is 0 Å². The van der Waals surface area contributed by atoms with Gasteiger partial charge in [-0.05, 0) is 12.5 Å². The molecule has 3 heteroatoms. The van der Waals surface area contributed by atoms with Crippen LogP contribution in [0.25, 0.3) is 0 Å². The van der Waals surface area contributed by atoms with E-state index in [1.54, 1.807) is 0 Å². The van der Waals surface area contributed by atoms with Crippen LogP contribution in [0.5, 0.6) is 0 Å². The van der Waals surface area contributed by atoms with Gasteiger partial charge in [0.15, 0.2) is 0 Å². The van der Waals surface area contributed by atoms with Crippen molar-refractivity contribution < 1.29 is 9.84 Å². The summed E-state index contributed by atoms with van der Waals surface area (Å²) >= 11 is 2.32. The van der Waals surface area contributed by atoms with Crippen molar-refractivity contribution in [2.45, 2.75) is 37.6 Å². The molecular formula is C13H17IO2. The molecule has 0 amide bonds. The highest BCUT2D eigenvalue weighted by Gasteiger charge is 2.39. The van der Waals surface area contributed by atoms with Crippen LogP contribution < -0.4 is 0 Å². The second kappa shape index (κ2) is 5.02. The number of rotatable bonds is 2. The lowest BCUT2D eigenvalue weighted by Crippen LogP contribution is -2.42. The Morgan fingerprint density at radius 1 is 1.38 bits per heavy atom. The van der Waals surface area contributed by atoms with Crippen LogP contribution in [0.15, 0.2) is 30.3 Å². The molecule has 1 saturated heterocycles. The zero-order chi connectivity index (χ0) is 11.6. The summed E-state index contributed by atoms with van der Waals surface area (Å²) in [6, 6.07) is 9.94. The van der Waals surface area contributed by atoms with E-state index in [0.29, 0.717) is 12.8 Å². The van der Waals surface area contributed by atoms with Gasteiger partial charge in [0.05, 0.1) is 17.8 Å². The molecule has 2 rings (SSSR count). The Balaban J connectivity index is 2.23. The normalized spacial score (nSPS) is 34.9. The number of benzene rings is 1. The smallest absolute Gasteiger partial charge is 0.0946 e. The van der Waals surface area contributed by atoms with Crippen LogP contribution in [0.4, 0.5) is 0 Å². The summed E-state index contributed by atoms with van der Waals surface area (Å²) < 4.78 is 6.71. The summed E-state index contributed by atoms with van der Waals surface area (Å²) in [6.07, 6.45) is 1.67. The Morgan fingerprint density at radius 2 is 2.06 bits per heavy atom. The maximum atomic E-state index is 10.7. The monoisotopic (exact) mass is 332 g/mol. The fourth-order valence-electron chi connectivity index (χ4n) is 2.44. The summed E-state index contributed by atoms with van der Waals surface area (Å²) in [6.45, 7) is 2.03. The van der Waals surface area contributed by atoms with Crippen molar-refractivity contribution in [1.29, 1.82) is 0 Å². The van der Waals surface area contributed by atoms with Gasteiger partial charge in [0.2, 0.25) is 0 Å². The van der Waals surface area contributed by atoms with Gasteiger partial charge < -0.3 is 9.84 Å². The molecule has 1 aliphatic heterocycles. The molecule has 1 aromatic carbocycles.